The van der Waals surface area contributed by atoms with E-state index in [1.54, 1.807) is 0 Å². The van der Waals surface area contributed by atoms with Crippen molar-refractivity contribution in [3.05, 3.63) is 21.6 Å². The summed E-state index contributed by atoms with van der Waals surface area (Å²) in [6, 6.07) is 2.84. The summed E-state index contributed by atoms with van der Waals surface area (Å²) in [4.78, 5) is 0.0365. The molecule has 0 aliphatic rings. The van der Waals surface area contributed by atoms with Crippen LogP contribution >= 0.6 is 27.5 Å². The molecule has 0 unspecified atom stereocenters. The second-order valence-corrected chi connectivity index (χ2v) is 6.83. The van der Waals surface area contributed by atoms with Crippen LogP contribution in [0.5, 0.6) is 0 Å². The average Bonchev–Trinajstić information content (AvgIpc) is 2.33. The zero-order valence-electron chi connectivity index (χ0n) is 10.1. The van der Waals surface area contributed by atoms with Crippen LogP contribution in [0, 0.1) is 12.3 Å². The Morgan fingerprint density at radius 3 is 2.74 bits per heavy atom. The van der Waals surface area contributed by atoms with Gasteiger partial charge in [-0.2, -0.15) is 0 Å². The van der Waals surface area contributed by atoms with Gasteiger partial charge >= 0.3 is 0 Å². The molecule has 0 spiro atoms. The Bertz CT molecular complexity index is 596. The molecular formula is C12H14BrClN2O2S. The number of rotatable bonds is 6. The molecule has 1 aromatic carbocycles. The van der Waals surface area contributed by atoms with Gasteiger partial charge in [0.2, 0.25) is 10.0 Å². The van der Waals surface area contributed by atoms with Gasteiger partial charge in [0.25, 0.3) is 0 Å². The summed E-state index contributed by atoms with van der Waals surface area (Å²) in [5.74, 6) is 2.50. The van der Waals surface area contributed by atoms with Crippen molar-refractivity contribution in [1.82, 2.24) is 4.72 Å². The highest BCUT2D eigenvalue weighted by molar-refractivity contribution is 9.10. The topological polar surface area (TPSA) is 72.2 Å². The molecule has 104 valence electrons. The quantitative estimate of drug-likeness (QED) is 0.462. The van der Waals surface area contributed by atoms with E-state index in [9.17, 15) is 8.42 Å². The Morgan fingerprint density at radius 1 is 1.42 bits per heavy atom. The molecule has 0 heterocycles. The molecule has 0 saturated heterocycles. The van der Waals surface area contributed by atoms with Gasteiger partial charge in [0, 0.05) is 23.7 Å². The summed E-state index contributed by atoms with van der Waals surface area (Å²) in [6.45, 7) is 0.322. The van der Waals surface area contributed by atoms with Crippen molar-refractivity contribution in [2.45, 2.75) is 24.2 Å². The normalized spacial score (nSPS) is 11.2. The zero-order chi connectivity index (χ0) is 14.5. The monoisotopic (exact) mass is 364 g/mol. The predicted molar refractivity (Wildman–Crippen MR) is 81.4 cm³/mol. The van der Waals surface area contributed by atoms with Crippen LogP contribution < -0.4 is 10.5 Å². The van der Waals surface area contributed by atoms with Crippen LogP contribution in [0.2, 0.25) is 5.02 Å². The average molecular weight is 366 g/mol. The minimum absolute atomic E-state index is 0.0365. The molecule has 3 N–H and O–H groups in total. The van der Waals surface area contributed by atoms with Gasteiger partial charge in [0.05, 0.1) is 9.37 Å². The lowest BCUT2D eigenvalue weighted by Crippen LogP contribution is -2.25. The molecule has 1 rings (SSSR count). The van der Waals surface area contributed by atoms with Gasteiger partial charge in [-0.3, -0.25) is 0 Å². The number of halogens is 2. The van der Waals surface area contributed by atoms with E-state index < -0.39 is 10.0 Å². The van der Waals surface area contributed by atoms with Crippen LogP contribution in [-0.2, 0) is 10.0 Å². The summed E-state index contributed by atoms with van der Waals surface area (Å²) >= 11 is 8.97. The number of nitrogen functional groups attached to an aromatic ring is 1. The van der Waals surface area contributed by atoms with E-state index in [0.29, 0.717) is 23.9 Å². The smallest absolute Gasteiger partial charge is 0.241 e. The number of nitrogens with one attached hydrogen (secondary N) is 1. The zero-order valence-corrected chi connectivity index (χ0v) is 13.3. The Hall–Kier alpha value is -0.740. The summed E-state index contributed by atoms with van der Waals surface area (Å²) in [7, 11) is -3.64. The van der Waals surface area contributed by atoms with Gasteiger partial charge in [-0.25, -0.2) is 13.1 Å². The van der Waals surface area contributed by atoms with Crippen molar-refractivity contribution in [3.63, 3.8) is 0 Å². The molecule has 0 amide bonds. The van der Waals surface area contributed by atoms with E-state index >= 15 is 0 Å². The maximum atomic E-state index is 12.1. The van der Waals surface area contributed by atoms with Crippen molar-refractivity contribution in [3.8, 4) is 12.3 Å². The molecule has 0 fully saturated rings. The van der Waals surface area contributed by atoms with Gasteiger partial charge in [0.1, 0.15) is 0 Å². The fourth-order valence-corrected chi connectivity index (χ4v) is 3.78. The largest absolute Gasteiger partial charge is 0.398 e. The molecule has 19 heavy (non-hydrogen) atoms. The van der Waals surface area contributed by atoms with E-state index in [1.807, 2.05) is 0 Å². The molecule has 7 heteroatoms. The lowest BCUT2D eigenvalue weighted by atomic mass is 10.2. The van der Waals surface area contributed by atoms with Crippen molar-refractivity contribution in [1.29, 1.82) is 0 Å². The molecule has 1 aromatic rings. The van der Waals surface area contributed by atoms with Gasteiger partial charge in [-0.15, -0.1) is 12.3 Å². The highest BCUT2D eigenvalue weighted by Gasteiger charge is 2.19. The van der Waals surface area contributed by atoms with Crippen LogP contribution in [0.15, 0.2) is 21.5 Å². The Morgan fingerprint density at radius 2 is 2.11 bits per heavy atom. The minimum Gasteiger partial charge on any atom is -0.398 e. The number of hydrogen-bond donors (Lipinski definition) is 2. The lowest BCUT2D eigenvalue weighted by Gasteiger charge is -2.10. The van der Waals surface area contributed by atoms with E-state index in [4.69, 9.17) is 23.8 Å². The molecule has 4 nitrogen and oxygen atoms in total. The summed E-state index contributed by atoms with van der Waals surface area (Å²) in [6.07, 6.45) is 7.21. The van der Waals surface area contributed by atoms with Crippen LogP contribution in [-0.4, -0.2) is 15.0 Å². The molecule has 0 atom stereocenters. The van der Waals surface area contributed by atoms with Crippen molar-refractivity contribution >= 4 is 43.2 Å². The number of benzene rings is 1. The fourth-order valence-electron chi connectivity index (χ4n) is 1.42. The Balaban J connectivity index is 2.81. The number of anilines is 1. The predicted octanol–water partition coefficient (Wildman–Crippen LogP) is 2.77. The Kier molecular flexibility index (Phi) is 6.14. The second kappa shape index (κ2) is 7.15. The van der Waals surface area contributed by atoms with Crippen molar-refractivity contribution < 1.29 is 8.42 Å². The molecule has 0 aliphatic carbocycles. The summed E-state index contributed by atoms with van der Waals surface area (Å²) < 4.78 is 27.0. The number of hydrogen-bond acceptors (Lipinski definition) is 3. The minimum atomic E-state index is -3.64. The van der Waals surface area contributed by atoms with Crippen LogP contribution in [0.25, 0.3) is 0 Å². The molecular weight excluding hydrogens is 352 g/mol. The molecule has 0 aromatic heterocycles. The highest BCUT2D eigenvalue weighted by Crippen LogP contribution is 2.31. The first kappa shape index (κ1) is 16.3. The lowest BCUT2D eigenvalue weighted by molar-refractivity contribution is 0.577. The molecule has 0 radical (unpaired) electrons. The van der Waals surface area contributed by atoms with Gasteiger partial charge < -0.3 is 5.73 Å². The van der Waals surface area contributed by atoms with E-state index in [0.717, 1.165) is 6.42 Å². The van der Waals surface area contributed by atoms with Crippen LogP contribution in [0.3, 0.4) is 0 Å². The second-order valence-electron chi connectivity index (χ2n) is 3.87. The summed E-state index contributed by atoms with van der Waals surface area (Å²) in [5.41, 5.74) is 5.94. The van der Waals surface area contributed by atoms with Crippen molar-refractivity contribution in [2.24, 2.45) is 0 Å². The first-order valence-corrected chi connectivity index (χ1v) is 8.21. The standard InChI is InChI=1S/C12H14BrClN2O2S/c1-2-3-4-5-6-16-19(17,18)11-8-9(14)7-10(15)12(11)13/h1,7-8,16H,3-6,15H2. The number of sulfonamides is 1. The number of nitrogens with two attached hydrogens (primary N) is 1. The van der Waals surface area contributed by atoms with Gasteiger partial charge in [-0.1, -0.05) is 11.6 Å². The van der Waals surface area contributed by atoms with Crippen LogP contribution in [0.4, 0.5) is 5.69 Å². The maximum Gasteiger partial charge on any atom is 0.241 e. The van der Waals surface area contributed by atoms with Crippen LogP contribution in [0.1, 0.15) is 19.3 Å². The number of terminal acetylenes is 1. The molecule has 0 saturated carbocycles. The highest BCUT2D eigenvalue weighted by atomic mass is 79.9. The third-order valence-corrected chi connectivity index (χ3v) is 5.21. The van der Waals surface area contributed by atoms with Gasteiger partial charge in [0.15, 0.2) is 0 Å². The van der Waals surface area contributed by atoms with E-state index in [-0.39, 0.29) is 15.6 Å². The third kappa shape index (κ3) is 4.69. The van der Waals surface area contributed by atoms with Gasteiger partial charge in [-0.05, 0) is 40.9 Å². The first-order chi connectivity index (χ1) is 8.88. The SMILES string of the molecule is C#CCCCCNS(=O)(=O)c1cc(Cl)cc(N)c1Br. The number of unbranched alkanes of at least 4 members (excludes halogenated alkanes) is 2. The van der Waals surface area contributed by atoms with E-state index in [2.05, 4.69) is 26.6 Å². The van der Waals surface area contributed by atoms with Crippen molar-refractivity contribution in [2.75, 3.05) is 12.3 Å². The maximum absolute atomic E-state index is 12.1. The van der Waals surface area contributed by atoms with E-state index in [1.165, 1.54) is 12.1 Å². The summed E-state index contributed by atoms with van der Waals surface area (Å²) in [5, 5.41) is 0.272. The molecule has 0 aliphatic heterocycles. The fraction of sp³-hybridized carbons (Fsp3) is 0.333. The third-order valence-electron chi connectivity index (χ3n) is 2.36. The molecule has 0 bridgehead atoms. The first-order valence-electron chi connectivity index (χ1n) is 5.56. The Labute approximate surface area is 126 Å².